The number of benzene rings is 11. The van der Waals surface area contributed by atoms with Crippen molar-refractivity contribution in [2.24, 2.45) is 0 Å². The van der Waals surface area contributed by atoms with Crippen LogP contribution in [-0.4, -0.2) is 15.8 Å². The van der Waals surface area contributed by atoms with E-state index in [1.807, 2.05) is 0 Å². The number of fused-ring (bicyclic) bond motifs is 13. The Hall–Kier alpha value is -9.26. The van der Waals surface area contributed by atoms with Gasteiger partial charge in [-0.05, 0) is 112 Å². The van der Waals surface area contributed by atoms with Gasteiger partial charge in [0.2, 0.25) is 0 Å². The summed E-state index contributed by atoms with van der Waals surface area (Å²) in [5.41, 5.74) is 15.1. The van der Waals surface area contributed by atoms with Crippen molar-refractivity contribution in [2.45, 2.75) is 0 Å². The maximum atomic E-state index is 7.55. The summed E-state index contributed by atoms with van der Waals surface area (Å²) < 4.78 is 19.8. The summed E-state index contributed by atoms with van der Waals surface area (Å²) >= 11 is 0. The lowest BCUT2D eigenvalue weighted by Gasteiger charge is -2.34. The van der Waals surface area contributed by atoms with E-state index in [1.165, 1.54) is 16.2 Å². The van der Waals surface area contributed by atoms with Crippen molar-refractivity contribution < 1.29 is 9.47 Å². The van der Waals surface area contributed by atoms with Gasteiger partial charge in [-0.1, -0.05) is 164 Å². The summed E-state index contributed by atoms with van der Waals surface area (Å²) in [4.78, 5) is 2.33. The number of ether oxygens (including phenoxy) is 2. The molecular weight excluding hydrogens is 854 g/mol. The molecule has 326 valence electrons. The fourth-order valence-electron chi connectivity index (χ4n) is 11.6. The van der Waals surface area contributed by atoms with Gasteiger partial charge in [-0.3, -0.25) is 0 Å². The van der Waals surface area contributed by atoms with Crippen molar-refractivity contribution in [3.05, 3.63) is 243 Å². The molecule has 0 radical (unpaired) electrons. The van der Waals surface area contributed by atoms with Crippen molar-refractivity contribution in [3.63, 3.8) is 0 Å². The molecule has 2 aliphatic heterocycles. The fourth-order valence-corrected chi connectivity index (χ4v) is 11.6. The van der Waals surface area contributed by atoms with Gasteiger partial charge in [0.1, 0.15) is 23.0 Å². The highest BCUT2D eigenvalue weighted by molar-refractivity contribution is 6.98. The van der Waals surface area contributed by atoms with Crippen LogP contribution in [0.5, 0.6) is 23.0 Å². The Balaban J connectivity index is 1.04. The van der Waals surface area contributed by atoms with Crippen LogP contribution in [0, 0.1) is 0 Å². The van der Waals surface area contributed by atoms with Crippen LogP contribution in [0.1, 0.15) is 0 Å². The van der Waals surface area contributed by atoms with E-state index in [2.05, 4.69) is 257 Å². The molecule has 0 unspecified atom stereocenters. The van der Waals surface area contributed by atoms with Crippen LogP contribution < -0.4 is 30.8 Å². The maximum absolute atomic E-state index is 7.55. The zero-order valence-electron chi connectivity index (χ0n) is 37.8. The molecular formula is C64H40BN3O2. The molecule has 15 rings (SSSR count). The molecule has 0 atom stereocenters. The minimum atomic E-state index is -0.195. The first-order chi connectivity index (χ1) is 34.7. The molecule has 5 nitrogen and oxygen atoms in total. The van der Waals surface area contributed by atoms with Crippen LogP contribution in [0.15, 0.2) is 243 Å². The number of para-hydroxylation sites is 5. The van der Waals surface area contributed by atoms with E-state index in [0.717, 1.165) is 117 Å². The molecule has 70 heavy (non-hydrogen) atoms. The Bertz CT molecular complexity index is 4200. The van der Waals surface area contributed by atoms with Crippen molar-refractivity contribution in [1.29, 1.82) is 0 Å². The molecule has 0 N–H and O–H groups in total. The summed E-state index contributed by atoms with van der Waals surface area (Å²) in [5.74, 6) is 3.30. The highest BCUT2D eigenvalue weighted by Gasteiger charge is 2.43. The minimum Gasteiger partial charge on any atom is -0.456 e. The SMILES string of the molecule is c1ccc(N(c2ccccc2)c2ccc3c4ccc5c(c4n(-c4ccccc4)c3c2)Oc2cc(-c3cccc4ccccc34)cc3c2B5c2ccc4c5ccccc5n(-c5ccccc5)c4c2O3)cc1. The smallest absolute Gasteiger partial charge is 0.260 e. The Labute approximate surface area is 404 Å². The quantitative estimate of drug-likeness (QED) is 0.156. The predicted molar refractivity (Wildman–Crippen MR) is 290 cm³/mol. The second kappa shape index (κ2) is 15.1. The largest absolute Gasteiger partial charge is 0.456 e. The Morgan fingerprint density at radius 2 is 0.843 bits per heavy atom. The van der Waals surface area contributed by atoms with E-state index < -0.39 is 0 Å². The molecule has 0 fully saturated rings. The number of hydrogen-bond acceptors (Lipinski definition) is 3. The summed E-state index contributed by atoms with van der Waals surface area (Å²) in [6.07, 6.45) is 0. The molecule has 4 heterocycles. The molecule has 13 aromatic rings. The first-order valence-electron chi connectivity index (χ1n) is 24.0. The minimum absolute atomic E-state index is 0.195. The standard InChI is InChI=1S/C64H40BN3O2/c1-5-20-43(21-6-1)66(44-22-7-2-8-23-44)47-32-33-51-53-35-37-55-64(62(53)68(57(51)40-47)46-26-11-4-12-27-46)70-59-39-42(49-30-17-19-41-18-13-14-28-48(41)49)38-58-60(59)65(55)54-36-34-52-50-29-15-16-31-56(50)67(61(52)63(54)69-58)45-24-9-3-10-25-45/h1-40H. The van der Waals surface area contributed by atoms with Crippen LogP contribution >= 0.6 is 0 Å². The Morgan fingerprint density at radius 3 is 1.46 bits per heavy atom. The molecule has 0 saturated carbocycles. The highest BCUT2D eigenvalue weighted by atomic mass is 16.5. The molecule has 2 aromatic heterocycles. The second-order valence-electron chi connectivity index (χ2n) is 18.4. The maximum Gasteiger partial charge on any atom is 0.260 e. The fraction of sp³-hybridized carbons (Fsp3) is 0. The summed E-state index contributed by atoms with van der Waals surface area (Å²) in [5, 5.41) is 6.96. The van der Waals surface area contributed by atoms with Gasteiger partial charge in [-0.2, -0.15) is 0 Å². The number of nitrogens with zero attached hydrogens (tertiary/aromatic N) is 3. The third-order valence-corrected chi connectivity index (χ3v) is 14.6. The topological polar surface area (TPSA) is 31.6 Å². The van der Waals surface area contributed by atoms with E-state index in [1.54, 1.807) is 0 Å². The van der Waals surface area contributed by atoms with E-state index in [9.17, 15) is 0 Å². The van der Waals surface area contributed by atoms with Gasteiger partial charge < -0.3 is 23.5 Å². The molecule has 11 aromatic carbocycles. The molecule has 2 aliphatic rings. The summed E-state index contributed by atoms with van der Waals surface area (Å²) in [6.45, 7) is -0.195. The van der Waals surface area contributed by atoms with Crippen molar-refractivity contribution in [1.82, 2.24) is 9.13 Å². The molecule has 0 saturated heterocycles. The van der Waals surface area contributed by atoms with Crippen LogP contribution in [0.3, 0.4) is 0 Å². The first-order valence-corrected chi connectivity index (χ1v) is 24.0. The average molecular weight is 894 g/mol. The number of anilines is 3. The Morgan fingerprint density at radius 1 is 0.357 bits per heavy atom. The van der Waals surface area contributed by atoms with Crippen LogP contribution in [-0.2, 0) is 0 Å². The van der Waals surface area contributed by atoms with E-state index in [-0.39, 0.29) is 6.71 Å². The third kappa shape index (κ3) is 5.68. The zero-order valence-corrected chi connectivity index (χ0v) is 37.8. The van der Waals surface area contributed by atoms with Gasteiger partial charge in [0, 0.05) is 55.4 Å². The van der Waals surface area contributed by atoms with E-state index in [4.69, 9.17) is 9.47 Å². The number of aromatic nitrogens is 2. The molecule has 6 heteroatoms. The van der Waals surface area contributed by atoms with Gasteiger partial charge in [-0.15, -0.1) is 0 Å². The number of hydrogen-bond donors (Lipinski definition) is 0. The molecule has 0 spiro atoms. The van der Waals surface area contributed by atoms with Gasteiger partial charge in [0.05, 0.1) is 22.1 Å². The lowest BCUT2D eigenvalue weighted by atomic mass is 9.34. The average Bonchev–Trinajstić information content (AvgIpc) is 3.95. The van der Waals surface area contributed by atoms with E-state index >= 15 is 0 Å². The normalized spacial score (nSPS) is 12.5. The lowest BCUT2D eigenvalue weighted by Crippen LogP contribution is -2.57. The lowest BCUT2D eigenvalue weighted by molar-refractivity contribution is 0.468. The van der Waals surface area contributed by atoms with Crippen LogP contribution in [0.4, 0.5) is 17.1 Å². The number of rotatable bonds is 6. The van der Waals surface area contributed by atoms with Crippen LogP contribution in [0.2, 0.25) is 0 Å². The Kier molecular flexibility index (Phi) is 8.39. The van der Waals surface area contributed by atoms with Crippen LogP contribution in [0.25, 0.3) is 76.9 Å². The molecule has 0 bridgehead atoms. The summed E-state index contributed by atoms with van der Waals surface area (Å²) in [7, 11) is 0. The van der Waals surface area contributed by atoms with Gasteiger partial charge in [-0.25, -0.2) is 0 Å². The molecule has 0 amide bonds. The first kappa shape index (κ1) is 38.8. The van der Waals surface area contributed by atoms with Gasteiger partial charge >= 0.3 is 0 Å². The molecule has 0 aliphatic carbocycles. The second-order valence-corrected chi connectivity index (χ2v) is 18.4. The van der Waals surface area contributed by atoms with Crippen molar-refractivity contribution in [2.75, 3.05) is 4.90 Å². The van der Waals surface area contributed by atoms with Gasteiger partial charge in [0.25, 0.3) is 6.71 Å². The predicted octanol–water partition coefficient (Wildman–Crippen LogP) is 14.9. The monoisotopic (exact) mass is 893 g/mol. The zero-order chi connectivity index (χ0) is 45.9. The van der Waals surface area contributed by atoms with Crippen molar-refractivity contribution in [3.8, 4) is 45.5 Å². The van der Waals surface area contributed by atoms with Gasteiger partial charge in [0.15, 0.2) is 0 Å². The highest BCUT2D eigenvalue weighted by Crippen LogP contribution is 2.48. The third-order valence-electron chi connectivity index (χ3n) is 14.6. The summed E-state index contributed by atoms with van der Waals surface area (Å²) in [6, 6.07) is 87.1. The van der Waals surface area contributed by atoms with Crippen molar-refractivity contribution >= 4 is 94.5 Å². The van der Waals surface area contributed by atoms with E-state index in [0.29, 0.717) is 0 Å².